The molecule has 1 aliphatic heterocycles. The highest BCUT2D eigenvalue weighted by atomic mass is 16.1. The smallest absolute Gasteiger partial charge is 0.251 e. The molecule has 0 amide bonds. The van der Waals surface area contributed by atoms with Crippen molar-refractivity contribution in [3.8, 4) is 0 Å². The molecular formula is C15H19N5O. The number of hydrogen-bond acceptors (Lipinski definition) is 4. The van der Waals surface area contributed by atoms with Crippen molar-refractivity contribution in [3.63, 3.8) is 0 Å². The number of nitrogens with one attached hydrogen (secondary N) is 2. The zero-order valence-electron chi connectivity index (χ0n) is 12.1. The van der Waals surface area contributed by atoms with Gasteiger partial charge in [0.15, 0.2) is 5.82 Å². The Kier molecular flexibility index (Phi) is 2.83. The molecule has 110 valence electrons. The van der Waals surface area contributed by atoms with Crippen LogP contribution in [0.2, 0.25) is 0 Å². The van der Waals surface area contributed by atoms with E-state index in [4.69, 9.17) is 0 Å². The Morgan fingerprint density at radius 2 is 2.29 bits per heavy atom. The summed E-state index contributed by atoms with van der Waals surface area (Å²) in [6.45, 7) is 3.68. The second-order valence-corrected chi connectivity index (χ2v) is 6.07. The third kappa shape index (κ3) is 2.34. The van der Waals surface area contributed by atoms with E-state index in [2.05, 4.69) is 32.0 Å². The van der Waals surface area contributed by atoms with Crippen molar-refractivity contribution in [2.45, 2.75) is 45.1 Å². The number of H-pyrrole nitrogens is 2. The predicted molar refractivity (Wildman–Crippen MR) is 79.5 cm³/mol. The number of aromatic nitrogens is 4. The monoisotopic (exact) mass is 285 g/mol. The maximum absolute atomic E-state index is 11.8. The fraction of sp³-hybridized carbons (Fsp3) is 0.533. The molecule has 0 aromatic carbocycles. The molecule has 0 unspecified atom stereocenters. The van der Waals surface area contributed by atoms with Crippen molar-refractivity contribution in [2.24, 2.45) is 0 Å². The maximum atomic E-state index is 11.8. The highest BCUT2D eigenvalue weighted by Gasteiger charge is 2.27. The summed E-state index contributed by atoms with van der Waals surface area (Å²) in [4.78, 5) is 21.5. The lowest BCUT2D eigenvalue weighted by molar-refractivity contribution is 0.670. The van der Waals surface area contributed by atoms with Gasteiger partial charge < -0.3 is 9.88 Å². The van der Waals surface area contributed by atoms with E-state index in [0.29, 0.717) is 12.5 Å². The summed E-state index contributed by atoms with van der Waals surface area (Å²) >= 11 is 0. The van der Waals surface area contributed by atoms with E-state index in [1.54, 1.807) is 6.07 Å². The Morgan fingerprint density at radius 3 is 3.10 bits per heavy atom. The van der Waals surface area contributed by atoms with Crippen LogP contribution in [0, 0.1) is 6.92 Å². The summed E-state index contributed by atoms with van der Waals surface area (Å²) in [7, 11) is 0. The lowest BCUT2D eigenvalue weighted by Crippen LogP contribution is -2.30. The molecule has 0 spiro atoms. The van der Waals surface area contributed by atoms with Gasteiger partial charge in [0.1, 0.15) is 5.82 Å². The lowest BCUT2D eigenvalue weighted by Gasteiger charge is -2.27. The first-order valence-corrected chi connectivity index (χ1v) is 7.59. The lowest BCUT2D eigenvalue weighted by atomic mass is 10.1. The third-order valence-corrected chi connectivity index (χ3v) is 4.34. The molecular weight excluding hydrogens is 266 g/mol. The number of aryl methyl sites for hydroxylation is 1. The van der Waals surface area contributed by atoms with Gasteiger partial charge in [0.25, 0.3) is 5.56 Å². The minimum atomic E-state index is -0.0441. The Balaban J connectivity index is 1.63. The van der Waals surface area contributed by atoms with Gasteiger partial charge in [-0.3, -0.25) is 9.89 Å². The van der Waals surface area contributed by atoms with Crippen LogP contribution < -0.4 is 10.5 Å². The SMILES string of the molecule is Cc1[nH]nc2c1CCCN2Cc1cc(=O)[nH]c(C2CC2)n1. The molecule has 0 atom stereocenters. The van der Waals surface area contributed by atoms with Gasteiger partial charge in [-0.05, 0) is 32.6 Å². The topological polar surface area (TPSA) is 77.7 Å². The van der Waals surface area contributed by atoms with E-state index >= 15 is 0 Å². The van der Waals surface area contributed by atoms with Crippen LogP contribution in [0.4, 0.5) is 5.82 Å². The van der Waals surface area contributed by atoms with Crippen molar-refractivity contribution in [3.05, 3.63) is 39.2 Å². The fourth-order valence-electron chi connectivity index (χ4n) is 3.06. The summed E-state index contributed by atoms with van der Waals surface area (Å²) in [5.74, 6) is 2.34. The predicted octanol–water partition coefficient (Wildman–Crippen LogP) is 1.63. The van der Waals surface area contributed by atoms with E-state index in [9.17, 15) is 4.79 Å². The molecule has 4 rings (SSSR count). The largest absolute Gasteiger partial charge is 0.349 e. The fourth-order valence-corrected chi connectivity index (χ4v) is 3.06. The van der Waals surface area contributed by atoms with Gasteiger partial charge in [-0.2, -0.15) is 5.10 Å². The minimum absolute atomic E-state index is 0.0441. The van der Waals surface area contributed by atoms with E-state index in [0.717, 1.165) is 55.3 Å². The van der Waals surface area contributed by atoms with Crippen molar-refractivity contribution < 1.29 is 0 Å². The second kappa shape index (κ2) is 4.72. The summed E-state index contributed by atoms with van der Waals surface area (Å²) in [6, 6.07) is 1.61. The Labute approximate surface area is 122 Å². The average molecular weight is 285 g/mol. The molecule has 1 saturated carbocycles. The molecule has 6 nitrogen and oxygen atoms in total. The van der Waals surface area contributed by atoms with Crippen LogP contribution in [0.3, 0.4) is 0 Å². The van der Waals surface area contributed by atoms with Crippen LogP contribution in [-0.4, -0.2) is 26.7 Å². The van der Waals surface area contributed by atoms with E-state index in [1.165, 1.54) is 5.56 Å². The van der Waals surface area contributed by atoms with Crippen LogP contribution in [0.1, 0.15) is 48.0 Å². The molecule has 2 aliphatic rings. The number of nitrogens with zero attached hydrogens (tertiary/aromatic N) is 3. The van der Waals surface area contributed by atoms with Crippen LogP contribution >= 0.6 is 0 Å². The van der Waals surface area contributed by atoms with Crippen LogP contribution in [0.15, 0.2) is 10.9 Å². The number of anilines is 1. The summed E-state index contributed by atoms with van der Waals surface area (Å²) in [6.07, 6.45) is 4.47. The molecule has 0 saturated heterocycles. The molecule has 3 heterocycles. The van der Waals surface area contributed by atoms with E-state index < -0.39 is 0 Å². The van der Waals surface area contributed by atoms with Crippen LogP contribution in [-0.2, 0) is 13.0 Å². The molecule has 6 heteroatoms. The summed E-state index contributed by atoms with van der Waals surface area (Å²) in [5, 5.41) is 7.48. The highest BCUT2D eigenvalue weighted by Crippen LogP contribution is 2.37. The summed E-state index contributed by atoms with van der Waals surface area (Å²) in [5.41, 5.74) is 3.24. The van der Waals surface area contributed by atoms with Crippen LogP contribution in [0.5, 0.6) is 0 Å². The Hall–Kier alpha value is -2.11. The highest BCUT2D eigenvalue weighted by molar-refractivity contribution is 5.51. The van der Waals surface area contributed by atoms with Gasteiger partial charge >= 0.3 is 0 Å². The standard InChI is InChI=1S/C15H19N5O/c1-9-12-3-2-6-20(15(12)19-18-9)8-11-7-13(21)17-14(16-11)10-4-5-10/h7,10H,2-6,8H2,1H3,(H,18,19)(H,16,17,21). The number of rotatable bonds is 3. The second-order valence-electron chi connectivity index (χ2n) is 6.07. The molecule has 2 N–H and O–H groups in total. The summed E-state index contributed by atoms with van der Waals surface area (Å²) < 4.78 is 0. The normalized spacial score (nSPS) is 17.9. The van der Waals surface area contributed by atoms with E-state index in [-0.39, 0.29) is 5.56 Å². The van der Waals surface area contributed by atoms with Gasteiger partial charge in [-0.25, -0.2) is 4.98 Å². The van der Waals surface area contributed by atoms with Gasteiger partial charge in [-0.15, -0.1) is 0 Å². The maximum Gasteiger partial charge on any atom is 0.251 e. The van der Waals surface area contributed by atoms with Gasteiger partial charge in [-0.1, -0.05) is 0 Å². The van der Waals surface area contributed by atoms with Crippen LogP contribution in [0.25, 0.3) is 0 Å². The van der Waals surface area contributed by atoms with Gasteiger partial charge in [0.2, 0.25) is 0 Å². The third-order valence-electron chi connectivity index (χ3n) is 4.34. The molecule has 2 aromatic heterocycles. The average Bonchev–Trinajstić information content (AvgIpc) is 3.24. The molecule has 1 aliphatic carbocycles. The molecule has 21 heavy (non-hydrogen) atoms. The van der Waals surface area contributed by atoms with Crippen molar-refractivity contribution in [1.29, 1.82) is 0 Å². The first-order valence-electron chi connectivity index (χ1n) is 7.59. The van der Waals surface area contributed by atoms with Crippen molar-refractivity contribution in [1.82, 2.24) is 20.2 Å². The number of fused-ring (bicyclic) bond motifs is 1. The van der Waals surface area contributed by atoms with E-state index in [1.807, 2.05) is 0 Å². The molecule has 0 bridgehead atoms. The first kappa shape index (κ1) is 12.6. The number of aromatic amines is 2. The van der Waals surface area contributed by atoms with Gasteiger partial charge in [0.05, 0.1) is 12.2 Å². The molecule has 1 fully saturated rings. The van der Waals surface area contributed by atoms with Crippen molar-refractivity contribution >= 4 is 5.82 Å². The Bertz CT molecular complexity index is 728. The zero-order chi connectivity index (χ0) is 14.4. The molecule has 2 aromatic rings. The quantitative estimate of drug-likeness (QED) is 0.898. The number of hydrogen-bond donors (Lipinski definition) is 2. The van der Waals surface area contributed by atoms with Crippen molar-refractivity contribution in [2.75, 3.05) is 11.4 Å². The Morgan fingerprint density at radius 1 is 1.43 bits per heavy atom. The zero-order valence-corrected chi connectivity index (χ0v) is 12.1. The molecule has 0 radical (unpaired) electrons. The van der Waals surface area contributed by atoms with Gasteiger partial charge in [0, 0.05) is 29.8 Å². The first-order chi connectivity index (χ1) is 10.2. The minimum Gasteiger partial charge on any atom is -0.349 e.